The van der Waals surface area contributed by atoms with Crippen LogP contribution in [0.25, 0.3) is 5.69 Å². The van der Waals surface area contributed by atoms with E-state index in [0.29, 0.717) is 16.8 Å². The van der Waals surface area contributed by atoms with Crippen molar-refractivity contribution in [1.82, 2.24) is 29.6 Å². The van der Waals surface area contributed by atoms with Crippen LogP contribution < -0.4 is 0 Å². The van der Waals surface area contributed by atoms with Crippen molar-refractivity contribution in [3.8, 4) is 5.69 Å². The summed E-state index contributed by atoms with van der Waals surface area (Å²) in [5.74, 6) is 2.21. The molecule has 3 heterocycles. The van der Waals surface area contributed by atoms with Crippen molar-refractivity contribution in [3.63, 3.8) is 0 Å². The predicted molar refractivity (Wildman–Crippen MR) is 114 cm³/mol. The Morgan fingerprint density at radius 1 is 1.10 bits per heavy atom. The highest BCUT2D eigenvalue weighted by atomic mass is 35.5. The van der Waals surface area contributed by atoms with Gasteiger partial charge in [0.05, 0.1) is 30.2 Å². The van der Waals surface area contributed by atoms with E-state index in [1.54, 1.807) is 6.20 Å². The van der Waals surface area contributed by atoms with Crippen molar-refractivity contribution in [3.05, 3.63) is 64.2 Å². The maximum Gasteiger partial charge on any atom is 0.408 e. The Bertz CT molecular complexity index is 1140. The first-order valence-electron chi connectivity index (χ1n) is 10.5. The fourth-order valence-electron chi connectivity index (χ4n) is 4.75. The summed E-state index contributed by atoms with van der Waals surface area (Å²) < 4.78 is 2.05. The zero-order chi connectivity index (χ0) is 21.5. The van der Waals surface area contributed by atoms with Gasteiger partial charge in [0.2, 0.25) is 0 Å². The number of carboxylic acid groups (broad SMARTS) is 1. The van der Waals surface area contributed by atoms with Crippen molar-refractivity contribution >= 4 is 17.7 Å². The third-order valence-corrected chi connectivity index (χ3v) is 6.52. The summed E-state index contributed by atoms with van der Waals surface area (Å²) in [5, 5.41) is 19.1. The van der Waals surface area contributed by atoms with Gasteiger partial charge in [0.25, 0.3) is 0 Å². The van der Waals surface area contributed by atoms with Crippen LogP contribution in [0.15, 0.2) is 30.6 Å². The number of benzene rings is 1. The number of hydrogen-bond acceptors (Lipinski definition) is 5. The van der Waals surface area contributed by atoms with E-state index in [-0.39, 0.29) is 19.0 Å². The second kappa shape index (κ2) is 7.92. The van der Waals surface area contributed by atoms with Crippen LogP contribution in [0.2, 0.25) is 5.02 Å². The van der Waals surface area contributed by atoms with E-state index in [0.717, 1.165) is 54.1 Å². The monoisotopic (exact) mass is 438 g/mol. The summed E-state index contributed by atoms with van der Waals surface area (Å²) in [6.07, 6.45) is 6.66. The Kier molecular flexibility index (Phi) is 5.09. The van der Waals surface area contributed by atoms with Gasteiger partial charge in [-0.25, -0.2) is 4.79 Å². The third-order valence-electron chi connectivity index (χ3n) is 6.29. The van der Waals surface area contributed by atoms with Gasteiger partial charge < -0.3 is 5.11 Å². The molecule has 0 radical (unpaired) electrons. The second-order valence-electron chi connectivity index (χ2n) is 8.36. The van der Waals surface area contributed by atoms with Crippen LogP contribution in [0.3, 0.4) is 0 Å². The van der Waals surface area contributed by atoms with Crippen LogP contribution in [0, 0.1) is 6.92 Å². The number of hydrogen-bond donors (Lipinski definition) is 1. The summed E-state index contributed by atoms with van der Waals surface area (Å²) in [7, 11) is 0. The Labute approximate surface area is 184 Å². The van der Waals surface area contributed by atoms with Crippen molar-refractivity contribution < 1.29 is 9.90 Å². The first-order chi connectivity index (χ1) is 15.0. The van der Waals surface area contributed by atoms with Crippen LogP contribution in [-0.4, -0.2) is 40.8 Å². The van der Waals surface area contributed by atoms with E-state index < -0.39 is 6.09 Å². The number of aryl methyl sites for hydroxylation is 1. The highest BCUT2D eigenvalue weighted by molar-refractivity contribution is 6.30. The lowest BCUT2D eigenvalue weighted by molar-refractivity contribution is 0.139. The van der Waals surface area contributed by atoms with Crippen LogP contribution in [0.5, 0.6) is 0 Å². The number of aromatic nitrogens is 5. The smallest absolute Gasteiger partial charge is 0.408 e. The molecule has 0 saturated heterocycles. The molecule has 0 atom stereocenters. The number of nitrogens with zero attached hydrogens (tertiary/aromatic N) is 6. The molecule has 1 aliphatic heterocycles. The van der Waals surface area contributed by atoms with Gasteiger partial charge in [0.15, 0.2) is 5.82 Å². The van der Waals surface area contributed by atoms with E-state index >= 15 is 0 Å². The van der Waals surface area contributed by atoms with Gasteiger partial charge in [-0.3, -0.25) is 19.4 Å². The molecular formula is C22H23ClN6O2. The highest BCUT2D eigenvalue weighted by Gasteiger charge is 2.32. The minimum atomic E-state index is -0.983. The minimum Gasteiger partial charge on any atom is -0.465 e. The average Bonchev–Trinajstić information content (AvgIpc) is 3.09. The zero-order valence-electron chi connectivity index (χ0n) is 17.2. The quantitative estimate of drug-likeness (QED) is 0.634. The molecule has 0 spiro atoms. The first kappa shape index (κ1) is 19.9. The normalized spacial score (nSPS) is 20.6. The molecular weight excluding hydrogens is 416 g/mol. The maximum atomic E-state index is 11.7. The van der Waals surface area contributed by atoms with Crippen molar-refractivity contribution in [2.75, 3.05) is 0 Å². The predicted octanol–water partition coefficient (Wildman–Crippen LogP) is 4.45. The summed E-state index contributed by atoms with van der Waals surface area (Å²) in [4.78, 5) is 22.0. The largest absolute Gasteiger partial charge is 0.465 e. The van der Waals surface area contributed by atoms with E-state index in [2.05, 4.69) is 20.2 Å². The molecule has 0 unspecified atom stereocenters. The molecule has 1 N–H and O–H groups in total. The molecule has 0 bridgehead atoms. The molecule has 2 aromatic heterocycles. The van der Waals surface area contributed by atoms with Gasteiger partial charge in [-0.15, -0.1) is 10.2 Å². The molecule has 1 aliphatic carbocycles. The maximum absolute atomic E-state index is 11.7. The van der Waals surface area contributed by atoms with Crippen LogP contribution >= 0.6 is 11.6 Å². The summed E-state index contributed by atoms with van der Waals surface area (Å²) in [6, 6.07) is 5.60. The average molecular weight is 439 g/mol. The molecule has 8 nitrogen and oxygen atoms in total. The fraction of sp³-hybridized carbons (Fsp3) is 0.409. The molecule has 1 aromatic carbocycles. The van der Waals surface area contributed by atoms with E-state index in [4.69, 9.17) is 11.6 Å². The van der Waals surface area contributed by atoms with Crippen LogP contribution in [0.1, 0.15) is 66.1 Å². The van der Waals surface area contributed by atoms with E-state index in [1.165, 1.54) is 4.90 Å². The Morgan fingerprint density at radius 3 is 2.61 bits per heavy atom. The minimum absolute atomic E-state index is 0.197. The number of rotatable bonds is 2. The van der Waals surface area contributed by atoms with Gasteiger partial charge in [-0.1, -0.05) is 11.6 Å². The number of amides is 1. The topological polar surface area (TPSA) is 97.0 Å². The third kappa shape index (κ3) is 3.76. The van der Waals surface area contributed by atoms with Crippen molar-refractivity contribution in [2.24, 2.45) is 0 Å². The fourth-order valence-corrected chi connectivity index (χ4v) is 4.95. The molecule has 3 aromatic rings. The molecule has 160 valence electrons. The van der Waals surface area contributed by atoms with Gasteiger partial charge in [0.1, 0.15) is 5.82 Å². The summed E-state index contributed by atoms with van der Waals surface area (Å²) in [6.45, 7) is 2.44. The van der Waals surface area contributed by atoms with Gasteiger partial charge >= 0.3 is 6.09 Å². The van der Waals surface area contributed by atoms with E-state index in [1.807, 2.05) is 35.9 Å². The molecule has 5 rings (SSSR count). The molecule has 1 fully saturated rings. The number of halogens is 1. The molecule has 2 aliphatic rings. The van der Waals surface area contributed by atoms with Crippen LogP contribution in [0.4, 0.5) is 4.79 Å². The molecule has 9 heteroatoms. The lowest BCUT2D eigenvalue weighted by atomic mass is 9.80. The van der Waals surface area contributed by atoms with Gasteiger partial charge in [0, 0.05) is 29.3 Å². The first-order valence-corrected chi connectivity index (χ1v) is 10.9. The zero-order valence-corrected chi connectivity index (χ0v) is 18.0. The SMILES string of the molecule is Cc1cncc([C@H]2CC[C@H](c3nnc4n3-c3ccc(Cl)cc3CN(C(=O)O)C4)CC2)n1. The lowest BCUT2D eigenvalue weighted by Gasteiger charge is -2.28. The van der Waals surface area contributed by atoms with Crippen molar-refractivity contribution in [1.29, 1.82) is 0 Å². The number of fused-ring (bicyclic) bond motifs is 3. The Balaban J connectivity index is 1.46. The second-order valence-corrected chi connectivity index (χ2v) is 8.79. The van der Waals surface area contributed by atoms with Crippen LogP contribution in [-0.2, 0) is 13.1 Å². The Hall–Kier alpha value is -3.00. The summed E-state index contributed by atoms with van der Waals surface area (Å²) in [5.41, 5.74) is 3.78. The lowest BCUT2D eigenvalue weighted by Crippen LogP contribution is -2.27. The Morgan fingerprint density at radius 2 is 1.87 bits per heavy atom. The molecule has 1 amide bonds. The summed E-state index contributed by atoms with van der Waals surface area (Å²) >= 11 is 6.21. The number of carbonyl (C=O) groups is 1. The molecule has 31 heavy (non-hydrogen) atoms. The highest BCUT2D eigenvalue weighted by Crippen LogP contribution is 2.41. The molecule has 1 saturated carbocycles. The van der Waals surface area contributed by atoms with Gasteiger partial charge in [-0.05, 0) is 56.4 Å². The standard InChI is InChI=1S/C22H23ClN6O2/c1-13-9-24-10-18(25-13)14-2-4-15(5-3-14)21-27-26-20-12-28(22(30)31)11-16-8-17(23)6-7-19(16)29(20)21/h6-10,14-15H,2-5,11-12H2,1H3,(H,30,31)/t14-,15-. The van der Waals surface area contributed by atoms with Crippen molar-refractivity contribution in [2.45, 2.75) is 57.5 Å². The van der Waals surface area contributed by atoms with E-state index in [9.17, 15) is 9.90 Å². The van der Waals surface area contributed by atoms with Gasteiger partial charge in [-0.2, -0.15) is 0 Å².